The van der Waals surface area contributed by atoms with Gasteiger partial charge in [0, 0.05) is 30.3 Å². The molecule has 1 saturated heterocycles. The van der Waals surface area contributed by atoms with Crippen molar-refractivity contribution < 1.29 is 14.4 Å². The smallest absolute Gasteiger partial charge is 0.251 e. The molecule has 7 nitrogen and oxygen atoms in total. The van der Waals surface area contributed by atoms with E-state index in [9.17, 15) is 4.79 Å². The third kappa shape index (κ3) is 6.90. The SMILES string of the molecule is C=C(CN1CC(Oc2ccc(-c3ccc(C(=O)NC(C)C)c(C)c3)nc2)C1)O/N=C(\C)C(C)C. The van der Waals surface area contributed by atoms with Crippen LogP contribution in [-0.4, -0.2) is 53.3 Å². The number of ether oxygens (including phenoxy) is 1. The van der Waals surface area contributed by atoms with Gasteiger partial charge >= 0.3 is 0 Å². The van der Waals surface area contributed by atoms with Crippen LogP contribution in [-0.2, 0) is 4.84 Å². The zero-order valence-corrected chi connectivity index (χ0v) is 21.1. The van der Waals surface area contributed by atoms with Gasteiger partial charge in [0.2, 0.25) is 0 Å². The first-order chi connectivity index (χ1) is 16.1. The summed E-state index contributed by atoms with van der Waals surface area (Å²) in [6, 6.07) is 9.75. The molecule has 7 heteroatoms. The van der Waals surface area contributed by atoms with Crippen molar-refractivity contribution in [2.75, 3.05) is 19.6 Å². The molecular weight excluding hydrogens is 428 g/mol. The molecule has 1 fully saturated rings. The molecule has 2 aromatic rings. The molecule has 1 N–H and O–H groups in total. The maximum Gasteiger partial charge on any atom is 0.251 e. The van der Waals surface area contributed by atoms with Gasteiger partial charge in [0.15, 0.2) is 0 Å². The van der Waals surface area contributed by atoms with E-state index in [1.165, 1.54) is 0 Å². The van der Waals surface area contributed by atoms with Crippen LogP contribution in [0.4, 0.5) is 0 Å². The highest BCUT2D eigenvalue weighted by atomic mass is 16.6. The third-order valence-electron chi connectivity index (χ3n) is 5.70. The summed E-state index contributed by atoms with van der Waals surface area (Å²) >= 11 is 0. The minimum atomic E-state index is -0.0566. The number of aromatic nitrogens is 1. The molecule has 182 valence electrons. The zero-order chi connectivity index (χ0) is 24.8. The monoisotopic (exact) mass is 464 g/mol. The molecule has 0 saturated carbocycles. The van der Waals surface area contributed by atoms with Gasteiger partial charge in [-0.25, -0.2) is 0 Å². The van der Waals surface area contributed by atoms with Crippen LogP contribution >= 0.6 is 0 Å². The van der Waals surface area contributed by atoms with E-state index in [-0.39, 0.29) is 18.1 Å². The molecule has 0 spiro atoms. The number of pyridine rings is 1. The number of benzene rings is 1. The Morgan fingerprint density at radius 2 is 1.97 bits per heavy atom. The number of carbonyl (C=O) groups excluding carboxylic acids is 1. The van der Waals surface area contributed by atoms with Crippen LogP contribution in [0.1, 0.15) is 50.5 Å². The Labute approximate surface area is 202 Å². The van der Waals surface area contributed by atoms with Gasteiger partial charge < -0.3 is 14.9 Å². The predicted octanol–water partition coefficient (Wildman–Crippen LogP) is 4.82. The molecule has 0 radical (unpaired) electrons. The molecule has 1 aliphatic rings. The number of hydrogen-bond acceptors (Lipinski definition) is 6. The zero-order valence-electron chi connectivity index (χ0n) is 21.1. The second-order valence-electron chi connectivity index (χ2n) is 9.49. The van der Waals surface area contributed by atoms with Gasteiger partial charge in [0.1, 0.15) is 17.6 Å². The molecule has 34 heavy (non-hydrogen) atoms. The molecular formula is C27H36N4O3. The number of nitrogens with one attached hydrogen (secondary N) is 1. The highest BCUT2D eigenvalue weighted by molar-refractivity contribution is 5.96. The van der Waals surface area contributed by atoms with Gasteiger partial charge in [-0.1, -0.05) is 31.6 Å². The lowest BCUT2D eigenvalue weighted by Crippen LogP contribution is -2.54. The molecule has 3 rings (SSSR count). The Balaban J connectivity index is 1.49. The molecule has 1 amide bonds. The van der Waals surface area contributed by atoms with E-state index in [0.717, 1.165) is 41.4 Å². The van der Waals surface area contributed by atoms with E-state index in [0.29, 0.717) is 23.8 Å². The standard InChI is InChI=1S/C27H36N4O3/c1-17(2)21(7)30-34-20(6)14-31-15-24(16-31)33-23-9-11-26(28-13-23)22-8-10-25(19(5)12-22)27(32)29-18(3)4/h8-13,17-18,24H,6,14-16H2,1-5,7H3,(H,29,32)/b30-21+. The van der Waals surface area contributed by atoms with Gasteiger partial charge in [-0.2, -0.15) is 0 Å². The number of aryl methyl sites for hydroxylation is 1. The fourth-order valence-electron chi connectivity index (χ4n) is 3.48. The highest BCUT2D eigenvalue weighted by Crippen LogP contribution is 2.24. The van der Waals surface area contributed by atoms with Gasteiger partial charge in [-0.3, -0.25) is 14.7 Å². The average molecular weight is 465 g/mol. The Bertz CT molecular complexity index is 1040. The summed E-state index contributed by atoms with van der Waals surface area (Å²) in [5, 5.41) is 7.05. The van der Waals surface area contributed by atoms with E-state index < -0.39 is 0 Å². The summed E-state index contributed by atoms with van der Waals surface area (Å²) in [5.41, 5.74) is 4.36. The number of hydrogen-bond donors (Lipinski definition) is 1. The first-order valence-electron chi connectivity index (χ1n) is 11.8. The molecule has 0 bridgehead atoms. The number of amides is 1. The van der Waals surface area contributed by atoms with Crippen LogP contribution in [0.2, 0.25) is 0 Å². The van der Waals surface area contributed by atoms with Crippen LogP contribution in [0.25, 0.3) is 11.3 Å². The van der Waals surface area contributed by atoms with Gasteiger partial charge in [0.05, 0.1) is 24.1 Å². The van der Waals surface area contributed by atoms with E-state index in [2.05, 4.69) is 40.8 Å². The summed E-state index contributed by atoms with van der Waals surface area (Å²) in [7, 11) is 0. The largest absolute Gasteiger partial charge is 0.486 e. The minimum Gasteiger partial charge on any atom is -0.486 e. The summed E-state index contributed by atoms with van der Waals surface area (Å²) in [5.74, 6) is 1.67. The van der Waals surface area contributed by atoms with Crippen LogP contribution < -0.4 is 10.1 Å². The van der Waals surface area contributed by atoms with Crippen molar-refractivity contribution in [1.82, 2.24) is 15.2 Å². The van der Waals surface area contributed by atoms with Crippen LogP contribution in [0.3, 0.4) is 0 Å². The summed E-state index contributed by atoms with van der Waals surface area (Å²) in [6.45, 7) is 18.1. The average Bonchev–Trinajstić information content (AvgIpc) is 2.75. The van der Waals surface area contributed by atoms with Crippen molar-refractivity contribution in [3.63, 3.8) is 0 Å². The Morgan fingerprint density at radius 3 is 2.56 bits per heavy atom. The van der Waals surface area contributed by atoms with Crippen LogP contribution in [0, 0.1) is 12.8 Å². The van der Waals surface area contributed by atoms with Gasteiger partial charge in [-0.15, -0.1) is 0 Å². The number of carbonyl (C=O) groups is 1. The normalized spacial score (nSPS) is 14.8. The summed E-state index contributed by atoms with van der Waals surface area (Å²) < 4.78 is 6.04. The number of likely N-dealkylation sites (tertiary alicyclic amines) is 1. The molecule has 0 atom stereocenters. The van der Waals surface area contributed by atoms with Crippen molar-refractivity contribution >= 4 is 11.6 Å². The molecule has 2 heterocycles. The van der Waals surface area contributed by atoms with Crippen molar-refractivity contribution in [2.24, 2.45) is 11.1 Å². The number of nitrogens with zero attached hydrogens (tertiary/aromatic N) is 3. The Hall–Kier alpha value is -3.19. The maximum atomic E-state index is 12.3. The van der Waals surface area contributed by atoms with Crippen molar-refractivity contribution in [1.29, 1.82) is 0 Å². The molecule has 1 aromatic heterocycles. The number of rotatable bonds is 10. The van der Waals surface area contributed by atoms with Crippen molar-refractivity contribution in [3.05, 3.63) is 60.0 Å². The first kappa shape index (κ1) is 25.4. The fourth-order valence-corrected chi connectivity index (χ4v) is 3.48. The van der Waals surface area contributed by atoms with E-state index in [4.69, 9.17) is 9.57 Å². The lowest BCUT2D eigenvalue weighted by molar-refractivity contribution is 0.0159. The molecule has 1 aromatic carbocycles. The second kappa shape index (κ2) is 11.3. The van der Waals surface area contributed by atoms with Gasteiger partial charge in [-0.05, 0) is 63.4 Å². The lowest BCUT2D eigenvalue weighted by Gasteiger charge is -2.38. The molecule has 0 unspecified atom stereocenters. The Kier molecular flexibility index (Phi) is 8.45. The van der Waals surface area contributed by atoms with Crippen LogP contribution in [0.5, 0.6) is 5.75 Å². The minimum absolute atomic E-state index is 0.0566. The number of oxime groups is 1. The second-order valence-corrected chi connectivity index (χ2v) is 9.49. The first-order valence-corrected chi connectivity index (χ1v) is 11.8. The van der Waals surface area contributed by atoms with Gasteiger partial charge in [0.25, 0.3) is 5.91 Å². The topological polar surface area (TPSA) is 76.0 Å². The summed E-state index contributed by atoms with van der Waals surface area (Å²) in [6.07, 6.45) is 1.86. The van der Waals surface area contributed by atoms with E-state index in [1.54, 1.807) is 6.20 Å². The molecule has 0 aliphatic carbocycles. The Morgan fingerprint density at radius 1 is 1.24 bits per heavy atom. The van der Waals surface area contributed by atoms with Crippen molar-refractivity contribution in [2.45, 2.75) is 53.7 Å². The fraction of sp³-hybridized carbons (Fsp3) is 0.444. The quantitative estimate of drug-likeness (QED) is 0.310. The van der Waals surface area contributed by atoms with Crippen molar-refractivity contribution in [3.8, 4) is 17.0 Å². The maximum absolute atomic E-state index is 12.3. The third-order valence-corrected chi connectivity index (χ3v) is 5.70. The lowest BCUT2D eigenvalue weighted by atomic mass is 10.0. The summed E-state index contributed by atoms with van der Waals surface area (Å²) in [4.78, 5) is 24.5. The highest BCUT2D eigenvalue weighted by Gasteiger charge is 2.29. The van der Waals surface area contributed by atoms with E-state index >= 15 is 0 Å². The molecule has 1 aliphatic heterocycles. The van der Waals surface area contributed by atoms with E-state index in [1.807, 2.05) is 58.0 Å². The van der Waals surface area contributed by atoms with Crippen LogP contribution in [0.15, 0.2) is 54.0 Å². The predicted molar refractivity (Wildman–Crippen MR) is 136 cm³/mol.